The molecule has 0 amide bonds. The maximum absolute atomic E-state index is 3.70. The molecule has 7 saturated carbocycles. The molecule has 16 aliphatic rings. The summed E-state index contributed by atoms with van der Waals surface area (Å²) in [6.07, 6.45) is 28.5. The van der Waals surface area contributed by atoms with Crippen LogP contribution in [0.4, 0.5) is 0 Å². The second kappa shape index (κ2) is 14.9. The Bertz CT molecular complexity index is 3170. The average molecular weight is 1020 g/mol. The van der Waals surface area contributed by atoms with Crippen molar-refractivity contribution in [3.05, 3.63) is 97.1 Å². The molecule has 24 unspecified atom stereocenters. The predicted octanol–water partition coefficient (Wildman–Crippen LogP) is 13.9. The number of benzene rings is 4. The summed E-state index contributed by atoms with van der Waals surface area (Å²) in [4.78, 5) is 14.7. The van der Waals surface area contributed by atoms with E-state index in [2.05, 4.69) is 126 Å². The number of aromatic nitrogens is 2. The van der Waals surface area contributed by atoms with E-state index in [-0.39, 0.29) is 0 Å². The van der Waals surface area contributed by atoms with Crippen molar-refractivity contribution in [2.75, 3.05) is 0 Å². The zero-order valence-electron chi connectivity index (χ0n) is 45.5. The Morgan fingerprint density at radius 1 is 0.286 bits per heavy atom. The summed E-state index contributed by atoms with van der Waals surface area (Å²) < 4.78 is 5.90. The van der Waals surface area contributed by atoms with Gasteiger partial charge in [-0.1, -0.05) is 111 Å². The smallest absolute Gasteiger partial charge is 0.157 e. The molecule has 7 aliphatic carbocycles. The first-order valence-electron chi connectivity index (χ1n) is 33.3. The van der Waals surface area contributed by atoms with E-state index in [1.54, 1.807) is 44.9 Å². The Hall–Kier alpha value is -3.55. The normalized spacial score (nSPS) is 50.1. The summed E-state index contributed by atoms with van der Waals surface area (Å²) in [5.74, 6) is 11.2. The molecule has 9 saturated heterocycles. The predicted molar refractivity (Wildman–Crippen MR) is 312 cm³/mol. The minimum atomic E-state index is 0.565. The standard InChI is InChI=1S/C69H80B2N6/c1-5-17-50-44(13-1)45-14-2-6-18-51(45)72(50)42-27-29-48-56(34-42)74-54-21-9-11-38-32-40-25-23-36-31-37-24-26-41-33-39-12-10-22-55-63(39)77-65(41)59(37)71-58(36)64(40)76(62(38)54)68-61(71)69(77)67-60(66(68)74)70(48)49-30-28-43(35-57(49)75(55)67)73-52-19-7-3-15-46(52)47-16-4-8-20-53(47)73/h1-8,13-20,36-43,48-49,54-69H,9-12,21-35H2. The molecule has 6 aromatic rings. The topological polar surface area (TPSA) is 22.8 Å². The van der Waals surface area contributed by atoms with Gasteiger partial charge in [0.25, 0.3) is 0 Å². The molecule has 11 heterocycles. The Morgan fingerprint density at radius 2 is 0.662 bits per heavy atom. The van der Waals surface area contributed by atoms with Crippen molar-refractivity contribution < 1.29 is 0 Å². The van der Waals surface area contributed by atoms with Gasteiger partial charge in [0, 0.05) is 128 Å². The summed E-state index contributed by atoms with van der Waals surface area (Å²) in [5, 5.41) is 5.93. The fourth-order valence-corrected chi connectivity index (χ4v) is 28.5. The SMILES string of the molecule is c1ccc2c(c1)c1ccccc1n2C1CCC2B3C4CCC(n5c6ccccc6c6ccccc65)CC4N4C5CCCC6CC7CCC8CC9CCC%10CC%11CCCC%12C%11N%11C%10C9B9C8C7N(C65)C5C9C%11C(C3C54)N%12C2C1. The van der Waals surface area contributed by atoms with Crippen LogP contribution in [0.25, 0.3) is 43.6 Å². The van der Waals surface area contributed by atoms with Gasteiger partial charge in [-0.3, -0.25) is 19.6 Å². The molecular formula is C69H80B2N6. The Labute approximate surface area is 457 Å². The van der Waals surface area contributed by atoms with Crippen LogP contribution < -0.4 is 0 Å². The van der Waals surface area contributed by atoms with Gasteiger partial charge in [0.15, 0.2) is 13.4 Å². The van der Waals surface area contributed by atoms with Gasteiger partial charge in [-0.05, 0) is 178 Å². The van der Waals surface area contributed by atoms with Crippen LogP contribution in [-0.4, -0.2) is 115 Å². The molecule has 0 spiro atoms. The van der Waals surface area contributed by atoms with Crippen LogP contribution in [0.2, 0.25) is 34.9 Å². The summed E-state index contributed by atoms with van der Waals surface area (Å²) in [5.41, 5.74) is 6.03. The van der Waals surface area contributed by atoms with Gasteiger partial charge < -0.3 is 9.13 Å². The number of piperazine rings is 2. The Balaban J connectivity index is 0.782. The maximum Gasteiger partial charge on any atom is 0.157 e. The summed E-state index contributed by atoms with van der Waals surface area (Å²) in [6, 6.07) is 49.0. The van der Waals surface area contributed by atoms with E-state index in [1.165, 1.54) is 121 Å². The number of piperidine rings is 2. The van der Waals surface area contributed by atoms with E-state index >= 15 is 0 Å². The lowest BCUT2D eigenvalue weighted by Crippen LogP contribution is -2.94. The fraction of sp³-hybridized carbons (Fsp3) is 0.652. The van der Waals surface area contributed by atoms with E-state index in [9.17, 15) is 0 Å². The molecule has 8 heteroatoms. The maximum atomic E-state index is 3.70. The molecule has 0 radical (unpaired) electrons. The number of hydrogen-bond acceptors (Lipinski definition) is 4. The van der Waals surface area contributed by atoms with Gasteiger partial charge in [0.1, 0.15) is 0 Å². The number of nitrogens with zero attached hydrogens (tertiary/aromatic N) is 6. The van der Waals surface area contributed by atoms with Gasteiger partial charge in [-0.15, -0.1) is 0 Å². The van der Waals surface area contributed by atoms with Gasteiger partial charge in [-0.25, -0.2) is 0 Å². The second-order valence-corrected chi connectivity index (χ2v) is 30.8. The van der Waals surface area contributed by atoms with E-state index < -0.39 is 0 Å². The highest BCUT2D eigenvalue weighted by atomic mass is 15.5. The van der Waals surface area contributed by atoms with Crippen molar-refractivity contribution in [1.82, 2.24) is 28.7 Å². The molecule has 0 bridgehead atoms. The number of rotatable bonds is 2. The van der Waals surface area contributed by atoms with Crippen molar-refractivity contribution in [2.24, 2.45) is 35.5 Å². The second-order valence-electron chi connectivity index (χ2n) is 30.8. The first-order chi connectivity index (χ1) is 38.2. The highest BCUT2D eigenvalue weighted by molar-refractivity contribution is 6.67. The van der Waals surface area contributed by atoms with Crippen molar-refractivity contribution in [3.63, 3.8) is 0 Å². The number of hydrogen-bond donors (Lipinski definition) is 0. The molecule has 6 nitrogen and oxygen atoms in total. The monoisotopic (exact) mass is 1010 g/mol. The lowest BCUT2D eigenvalue weighted by molar-refractivity contribution is -0.254. The summed E-state index contributed by atoms with van der Waals surface area (Å²) in [6.45, 7) is 1.85. The van der Waals surface area contributed by atoms with Crippen LogP contribution in [0.3, 0.4) is 0 Å². The van der Waals surface area contributed by atoms with Crippen LogP contribution in [0.5, 0.6) is 0 Å². The van der Waals surface area contributed by atoms with E-state index in [1.807, 2.05) is 0 Å². The van der Waals surface area contributed by atoms with Crippen molar-refractivity contribution in [1.29, 1.82) is 0 Å². The largest absolute Gasteiger partial charge is 0.337 e. The quantitative estimate of drug-likeness (QED) is 0.161. The first kappa shape index (κ1) is 43.2. The van der Waals surface area contributed by atoms with Crippen molar-refractivity contribution >= 4 is 57.0 Å². The van der Waals surface area contributed by atoms with E-state index in [0.29, 0.717) is 24.2 Å². The minimum absolute atomic E-state index is 0.565. The molecule has 4 aromatic carbocycles. The van der Waals surface area contributed by atoms with Crippen molar-refractivity contribution in [3.8, 4) is 0 Å². The molecular weight excluding hydrogens is 934 g/mol. The average Bonchev–Trinajstić information content (AvgIpc) is 2.95. The van der Waals surface area contributed by atoms with Crippen LogP contribution in [-0.2, 0) is 0 Å². The summed E-state index contributed by atoms with van der Waals surface area (Å²) in [7, 11) is 0. The highest BCUT2D eigenvalue weighted by Crippen LogP contribution is 2.78. The lowest BCUT2D eigenvalue weighted by Gasteiger charge is -2.86. The van der Waals surface area contributed by atoms with Crippen LogP contribution >= 0.6 is 0 Å². The molecule has 0 N–H and O–H groups in total. The molecule has 2 aromatic heterocycles. The van der Waals surface area contributed by atoms with Gasteiger partial charge in [0.2, 0.25) is 0 Å². The zero-order valence-corrected chi connectivity index (χ0v) is 45.5. The number of para-hydroxylation sites is 4. The number of fused-ring (bicyclic) bond motifs is 14. The molecule has 24 atom stereocenters. The van der Waals surface area contributed by atoms with Crippen molar-refractivity contribution in [2.45, 2.75) is 241 Å². The molecule has 392 valence electrons. The zero-order chi connectivity index (χ0) is 49.0. The van der Waals surface area contributed by atoms with Gasteiger partial charge in [-0.2, -0.15) is 0 Å². The lowest BCUT2D eigenvalue weighted by atomic mass is 9.10. The third kappa shape index (κ3) is 4.99. The molecule has 16 fully saturated rings. The van der Waals surface area contributed by atoms with Gasteiger partial charge in [0.05, 0.1) is 0 Å². The van der Waals surface area contributed by atoms with Crippen LogP contribution in [0, 0.1) is 35.5 Å². The molecule has 22 rings (SSSR count). The molecule has 9 aliphatic heterocycles. The first-order valence-corrected chi connectivity index (χ1v) is 33.3. The third-order valence-corrected chi connectivity index (χ3v) is 29.4. The van der Waals surface area contributed by atoms with E-state index in [0.717, 1.165) is 144 Å². The minimum Gasteiger partial charge on any atom is -0.337 e. The summed E-state index contributed by atoms with van der Waals surface area (Å²) >= 11 is 0. The van der Waals surface area contributed by atoms with E-state index in [4.69, 9.17) is 0 Å². The Morgan fingerprint density at radius 3 is 1.12 bits per heavy atom. The molecule has 77 heavy (non-hydrogen) atoms. The van der Waals surface area contributed by atoms with Crippen LogP contribution in [0.15, 0.2) is 97.1 Å². The highest BCUT2D eigenvalue weighted by Gasteiger charge is 2.82. The van der Waals surface area contributed by atoms with Gasteiger partial charge >= 0.3 is 0 Å². The Kier molecular flexibility index (Phi) is 8.37. The third-order valence-electron chi connectivity index (χ3n) is 29.4. The van der Waals surface area contributed by atoms with Crippen LogP contribution in [0.1, 0.15) is 134 Å². The fourth-order valence-electron chi connectivity index (χ4n) is 28.5.